The lowest BCUT2D eigenvalue weighted by Gasteiger charge is -2.24. The number of thiazole rings is 1. The molecule has 5 rings (SSSR count). The zero-order chi connectivity index (χ0) is 19.8. The monoisotopic (exact) mass is 417 g/mol. The average molecular weight is 418 g/mol. The minimum Gasteiger partial charge on any atom is -0.399 e. The van der Waals surface area contributed by atoms with Crippen LogP contribution >= 0.6 is 23.1 Å². The SMILES string of the molecule is Nc1ccc2nc(SCC(=O)N3c4ccccc4CCc4ccccc43)sc2c1. The highest BCUT2D eigenvalue weighted by Crippen LogP contribution is 2.37. The number of amides is 1. The molecular weight excluding hydrogens is 398 g/mol. The first kappa shape index (κ1) is 18.2. The smallest absolute Gasteiger partial charge is 0.242 e. The first-order valence-corrected chi connectivity index (χ1v) is 11.3. The van der Waals surface area contributed by atoms with Gasteiger partial charge in [-0.1, -0.05) is 48.2 Å². The Morgan fingerprint density at radius 2 is 1.66 bits per heavy atom. The molecular formula is C23H19N3OS2. The van der Waals surface area contributed by atoms with Crippen molar-refractivity contribution in [2.24, 2.45) is 0 Å². The van der Waals surface area contributed by atoms with Gasteiger partial charge in [0.1, 0.15) is 0 Å². The molecule has 0 fully saturated rings. The number of rotatable bonds is 3. The predicted octanol–water partition coefficient (Wildman–Crippen LogP) is 5.43. The van der Waals surface area contributed by atoms with Gasteiger partial charge in [0.05, 0.1) is 27.3 Å². The molecule has 6 heteroatoms. The van der Waals surface area contributed by atoms with Crippen LogP contribution in [0.4, 0.5) is 17.1 Å². The summed E-state index contributed by atoms with van der Waals surface area (Å²) in [6.07, 6.45) is 1.87. The van der Waals surface area contributed by atoms with Crippen LogP contribution in [0.25, 0.3) is 10.2 Å². The Morgan fingerprint density at radius 3 is 2.34 bits per heavy atom. The summed E-state index contributed by atoms with van der Waals surface area (Å²) in [5, 5.41) is 0. The number of fused-ring (bicyclic) bond motifs is 3. The number of nitrogens with zero attached hydrogens (tertiary/aromatic N) is 2. The summed E-state index contributed by atoms with van der Waals surface area (Å²) in [5.74, 6) is 0.397. The Kier molecular flexibility index (Phi) is 4.73. The summed E-state index contributed by atoms with van der Waals surface area (Å²) in [5.41, 5.74) is 11.9. The second kappa shape index (κ2) is 7.54. The van der Waals surface area contributed by atoms with Crippen molar-refractivity contribution in [3.8, 4) is 0 Å². The molecule has 0 aliphatic carbocycles. The molecule has 1 aliphatic rings. The van der Waals surface area contributed by atoms with E-state index in [0.29, 0.717) is 5.75 Å². The number of hydrogen-bond acceptors (Lipinski definition) is 5. The topological polar surface area (TPSA) is 59.2 Å². The van der Waals surface area contributed by atoms with Crippen molar-refractivity contribution in [1.29, 1.82) is 0 Å². The Bertz CT molecular complexity index is 1170. The summed E-state index contributed by atoms with van der Waals surface area (Å²) in [6, 6.07) is 22.1. The number of anilines is 3. The van der Waals surface area contributed by atoms with Crippen LogP contribution in [-0.2, 0) is 17.6 Å². The van der Waals surface area contributed by atoms with E-state index in [0.717, 1.165) is 44.5 Å². The lowest BCUT2D eigenvalue weighted by Crippen LogP contribution is -2.28. The molecule has 1 aliphatic heterocycles. The third-order valence-electron chi connectivity index (χ3n) is 5.09. The van der Waals surface area contributed by atoms with Crippen molar-refractivity contribution >= 4 is 56.3 Å². The Hall–Kier alpha value is -2.83. The number of thioether (sulfide) groups is 1. The van der Waals surface area contributed by atoms with Gasteiger partial charge in [0, 0.05) is 5.69 Å². The van der Waals surface area contributed by atoms with Gasteiger partial charge in [-0.25, -0.2) is 4.98 Å². The first-order chi connectivity index (χ1) is 14.2. The molecule has 1 amide bonds. The average Bonchev–Trinajstić information content (AvgIpc) is 3.06. The van der Waals surface area contributed by atoms with Crippen molar-refractivity contribution < 1.29 is 4.79 Å². The molecule has 29 heavy (non-hydrogen) atoms. The summed E-state index contributed by atoms with van der Waals surface area (Å²) >= 11 is 3.06. The van der Waals surface area contributed by atoms with E-state index in [1.807, 2.05) is 59.5 Å². The van der Waals surface area contributed by atoms with E-state index in [4.69, 9.17) is 5.73 Å². The van der Waals surface area contributed by atoms with E-state index in [9.17, 15) is 4.79 Å². The molecule has 144 valence electrons. The highest BCUT2D eigenvalue weighted by atomic mass is 32.2. The summed E-state index contributed by atoms with van der Waals surface area (Å²) < 4.78 is 1.93. The maximum Gasteiger partial charge on any atom is 0.242 e. The van der Waals surface area contributed by atoms with Gasteiger partial charge in [0.15, 0.2) is 4.34 Å². The van der Waals surface area contributed by atoms with Gasteiger partial charge >= 0.3 is 0 Å². The molecule has 0 bridgehead atoms. The fourth-order valence-electron chi connectivity index (χ4n) is 3.72. The van der Waals surface area contributed by atoms with E-state index in [-0.39, 0.29) is 5.91 Å². The number of para-hydroxylation sites is 2. The van der Waals surface area contributed by atoms with Gasteiger partial charge in [-0.3, -0.25) is 9.69 Å². The molecule has 0 saturated carbocycles. The fourth-order valence-corrected chi connectivity index (χ4v) is 5.68. The van der Waals surface area contributed by atoms with Crippen LogP contribution in [0.15, 0.2) is 71.1 Å². The van der Waals surface area contributed by atoms with Crippen LogP contribution in [-0.4, -0.2) is 16.6 Å². The highest BCUT2D eigenvalue weighted by Gasteiger charge is 2.25. The van der Waals surface area contributed by atoms with E-state index in [1.54, 1.807) is 11.3 Å². The predicted molar refractivity (Wildman–Crippen MR) is 122 cm³/mol. The number of hydrogen-bond donors (Lipinski definition) is 1. The van der Waals surface area contributed by atoms with Gasteiger partial charge in [0.2, 0.25) is 5.91 Å². The van der Waals surface area contributed by atoms with Crippen molar-refractivity contribution in [3.05, 3.63) is 77.9 Å². The molecule has 0 unspecified atom stereocenters. The molecule has 4 aromatic rings. The van der Waals surface area contributed by atoms with Crippen LogP contribution in [0, 0.1) is 0 Å². The van der Waals surface area contributed by atoms with Crippen LogP contribution in [0.5, 0.6) is 0 Å². The standard InChI is InChI=1S/C23H19N3OS2/c24-17-11-12-18-21(13-17)29-23(25-18)28-14-22(27)26-19-7-3-1-5-15(19)9-10-16-6-2-4-8-20(16)26/h1-8,11-13H,9-10,14,24H2. The normalized spacial score (nSPS) is 13.0. The molecule has 0 spiro atoms. The molecule has 2 N–H and O–H groups in total. The van der Waals surface area contributed by atoms with Gasteiger partial charge in [-0.05, 0) is 54.3 Å². The highest BCUT2D eigenvalue weighted by molar-refractivity contribution is 8.01. The maximum absolute atomic E-state index is 13.4. The lowest BCUT2D eigenvalue weighted by molar-refractivity contribution is -0.115. The number of carbonyl (C=O) groups excluding carboxylic acids is 1. The summed E-state index contributed by atoms with van der Waals surface area (Å²) in [4.78, 5) is 19.9. The molecule has 4 nitrogen and oxygen atoms in total. The number of carbonyl (C=O) groups is 1. The minimum atomic E-state index is 0.0653. The van der Waals surface area contributed by atoms with E-state index >= 15 is 0 Å². The quantitative estimate of drug-likeness (QED) is 0.356. The number of nitrogens with two attached hydrogens (primary N) is 1. The first-order valence-electron chi connectivity index (χ1n) is 9.47. The third kappa shape index (κ3) is 3.50. The molecule has 0 atom stereocenters. The summed E-state index contributed by atoms with van der Waals surface area (Å²) in [7, 11) is 0. The molecule has 3 aromatic carbocycles. The minimum absolute atomic E-state index is 0.0653. The largest absolute Gasteiger partial charge is 0.399 e. The van der Waals surface area contributed by atoms with Crippen LogP contribution in [0.3, 0.4) is 0 Å². The fraction of sp³-hybridized carbons (Fsp3) is 0.130. The van der Waals surface area contributed by atoms with Crippen molar-refractivity contribution in [3.63, 3.8) is 0 Å². The molecule has 2 heterocycles. The number of benzene rings is 3. The number of aromatic nitrogens is 1. The zero-order valence-electron chi connectivity index (χ0n) is 15.7. The molecule has 0 saturated heterocycles. The second-order valence-electron chi connectivity index (χ2n) is 6.98. The van der Waals surface area contributed by atoms with Crippen molar-refractivity contribution in [2.45, 2.75) is 17.2 Å². The van der Waals surface area contributed by atoms with E-state index in [1.165, 1.54) is 22.9 Å². The van der Waals surface area contributed by atoms with Gasteiger partial charge in [0.25, 0.3) is 0 Å². The second-order valence-corrected chi connectivity index (χ2v) is 9.24. The number of nitrogen functional groups attached to an aromatic ring is 1. The maximum atomic E-state index is 13.4. The van der Waals surface area contributed by atoms with Gasteiger partial charge in [-0.2, -0.15) is 0 Å². The van der Waals surface area contributed by atoms with Gasteiger partial charge < -0.3 is 5.73 Å². The Balaban J connectivity index is 1.45. The van der Waals surface area contributed by atoms with Gasteiger partial charge in [-0.15, -0.1) is 11.3 Å². The zero-order valence-corrected chi connectivity index (χ0v) is 17.3. The van der Waals surface area contributed by atoms with Crippen LogP contribution in [0.1, 0.15) is 11.1 Å². The number of aryl methyl sites for hydroxylation is 2. The Labute approximate surface area is 177 Å². The van der Waals surface area contributed by atoms with Crippen LogP contribution in [0.2, 0.25) is 0 Å². The van der Waals surface area contributed by atoms with E-state index < -0.39 is 0 Å². The molecule has 1 aromatic heterocycles. The third-order valence-corrected chi connectivity index (χ3v) is 7.24. The van der Waals surface area contributed by atoms with Crippen molar-refractivity contribution in [1.82, 2.24) is 4.98 Å². The summed E-state index contributed by atoms with van der Waals surface area (Å²) in [6.45, 7) is 0. The lowest BCUT2D eigenvalue weighted by atomic mass is 10.0. The van der Waals surface area contributed by atoms with Crippen LogP contribution < -0.4 is 10.6 Å². The Morgan fingerprint density at radius 1 is 1.00 bits per heavy atom. The molecule has 0 radical (unpaired) electrons. The van der Waals surface area contributed by atoms with Crippen molar-refractivity contribution in [2.75, 3.05) is 16.4 Å². The van der Waals surface area contributed by atoms with E-state index in [2.05, 4.69) is 17.1 Å².